The Morgan fingerprint density at radius 1 is 1.00 bits per heavy atom. The van der Waals surface area contributed by atoms with Gasteiger partial charge in [-0.1, -0.05) is 18.2 Å². The van der Waals surface area contributed by atoms with Crippen LogP contribution in [0.4, 0.5) is 0 Å². The lowest BCUT2D eigenvalue weighted by Crippen LogP contribution is -2.11. The summed E-state index contributed by atoms with van der Waals surface area (Å²) in [5.41, 5.74) is 2.86. The van der Waals surface area contributed by atoms with Crippen molar-refractivity contribution in [2.75, 3.05) is 5.75 Å². The summed E-state index contributed by atoms with van der Waals surface area (Å²) in [5, 5.41) is 1.03. The minimum atomic E-state index is -3.48. The predicted molar refractivity (Wildman–Crippen MR) is 81.7 cm³/mol. The summed E-state index contributed by atoms with van der Waals surface area (Å²) in [4.78, 5) is 0. The molecule has 0 bridgehead atoms. The Morgan fingerprint density at radius 3 is 2.43 bits per heavy atom. The second-order valence-electron chi connectivity index (χ2n) is 4.63. The van der Waals surface area contributed by atoms with Crippen molar-refractivity contribution in [3.63, 3.8) is 0 Å². The van der Waals surface area contributed by atoms with E-state index in [-0.39, 0.29) is 5.75 Å². The molecule has 0 aliphatic carbocycles. The zero-order valence-corrected chi connectivity index (χ0v) is 12.3. The van der Waals surface area contributed by atoms with E-state index in [1.165, 1.54) is 0 Å². The first-order valence-corrected chi connectivity index (χ1v) is 8.15. The summed E-state index contributed by atoms with van der Waals surface area (Å²) >= 11 is 0. The summed E-state index contributed by atoms with van der Waals surface area (Å²) in [7, 11) is -3.48. The van der Waals surface area contributed by atoms with Gasteiger partial charge in [0.2, 0.25) is 0 Å². The van der Waals surface area contributed by atoms with Crippen molar-refractivity contribution >= 4 is 21.1 Å². The Hall–Kier alpha value is -2.27. The smallest absolute Gasteiger partial charge is 0.308 e. The molecule has 1 aromatic heterocycles. The molecule has 21 heavy (non-hydrogen) atoms. The SMILES string of the molecule is CCS(=O)(=O)Oc1ccc(-c2ccc3occc3c2)cc1. The van der Waals surface area contributed by atoms with Crippen molar-refractivity contribution < 1.29 is 17.0 Å². The van der Waals surface area contributed by atoms with Crippen LogP contribution in [0, 0.1) is 0 Å². The molecule has 0 N–H and O–H groups in total. The highest BCUT2D eigenvalue weighted by molar-refractivity contribution is 7.87. The van der Waals surface area contributed by atoms with Gasteiger partial charge in [-0.3, -0.25) is 0 Å². The van der Waals surface area contributed by atoms with Gasteiger partial charge < -0.3 is 8.60 Å². The lowest BCUT2D eigenvalue weighted by molar-refractivity contribution is 0.487. The average Bonchev–Trinajstić information content (AvgIpc) is 2.95. The van der Waals surface area contributed by atoms with Gasteiger partial charge in [-0.15, -0.1) is 0 Å². The van der Waals surface area contributed by atoms with Crippen LogP contribution in [0.5, 0.6) is 5.75 Å². The van der Waals surface area contributed by atoms with Gasteiger partial charge in [0.25, 0.3) is 0 Å². The van der Waals surface area contributed by atoms with E-state index in [1.54, 1.807) is 25.3 Å². The Bertz CT molecular complexity index is 861. The van der Waals surface area contributed by atoms with E-state index >= 15 is 0 Å². The van der Waals surface area contributed by atoms with Crippen molar-refractivity contribution in [3.05, 3.63) is 54.8 Å². The van der Waals surface area contributed by atoms with Gasteiger partial charge >= 0.3 is 10.1 Å². The molecule has 0 atom stereocenters. The van der Waals surface area contributed by atoms with E-state index in [0.29, 0.717) is 5.75 Å². The maximum atomic E-state index is 11.4. The van der Waals surface area contributed by atoms with Crippen LogP contribution >= 0.6 is 0 Å². The molecule has 0 amide bonds. The molecule has 2 aromatic carbocycles. The Balaban J connectivity index is 1.89. The van der Waals surface area contributed by atoms with Gasteiger partial charge in [0.05, 0.1) is 12.0 Å². The molecule has 0 aliphatic rings. The fourth-order valence-electron chi connectivity index (χ4n) is 2.05. The quantitative estimate of drug-likeness (QED) is 0.687. The highest BCUT2D eigenvalue weighted by Crippen LogP contribution is 2.27. The molecule has 0 saturated carbocycles. The van der Waals surface area contributed by atoms with Crippen LogP contribution in [-0.4, -0.2) is 14.2 Å². The lowest BCUT2D eigenvalue weighted by Gasteiger charge is -2.06. The summed E-state index contributed by atoms with van der Waals surface area (Å²) < 4.78 is 33.1. The first kappa shape index (κ1) is 13.7. The molecule has 0 fully saturated rings. The summed E-state index contributed by atoms with van der Waals surface area (Å²) in [6.45, 7) is 1.55. The van der Waals surface area contributed by atoms with Crippen LogP contribution < -0.4 is 4.18 Å². The molecule has 5 heteroatoms. The molecule has 0 aliphatic heterocycles. The number of fused-ring (bicyclic) bond motifs is 1. The highest BCUT2D eigenvalue weighted by Gasteiger charge is 2.09. The van der Waals surface area contributed by atoms with Gasteiger partial charge in [-0.05, 0) is 48.4 Å². The van der Waals surface area contributed by atoms with Crippen molar-refractivity contribution in [2.24, 2.45) is 0 Å². The van der Waals surface area contributed by atoms with E-state index in [9.17, 15) is 8.42 Å². The number of hydrogen-bond donors (Lipinski definition) is 0. The third kappa shape index (κ3) is 2.92. The predicted octanol–water partition coefficient (Wildman–Crippen LogP) is 3.83. The zero-order chi connectivity index (χ0) is 14.9. The second kappa shape index (κ2) is 5.26. The normalized spacial score (nSPS) is 11.7. The monoisotopic (exact) mass is 302 g/mol. The molecule has 0 spiro atoms. The molecule has 0 radical (unpaired) electrons. The molecular formula is C16H14O4S. The third-order valence-corrected chi connectivity index (χ3v) is 4.37. The van der Waals surface area contributed by atoms with Crippen LogP contribution in [-0.2, 0) is 10.1 Å². The zero-order valence-electron chi connectivity index (χ0n) is 11.4. The molecule has 1 heterocycles. The van der Waals surface area contributed by atoms with Crippen molar-refractivity contribution in [3.8, 4) is 16.9 Å². The Kier molecular flexibility index (Phi) is 3.43. The van der Waals surface area contributed by atoms with E-state index in [0.717, 1.165) is 22.1 Å². The molecule has 108 valence electrons. The highest BCUT2D eigenvalue weighted by atomic mass is 32.2. The van der Waals surface area contributed by atoms with E-state index in [1.807, 2.05) is 36.4 Å². The number of hydrogen-bond acceptors (Lipinski definition) is 4. The average molecular weight is 302 g/mol. The first-order valence-electron chi connectivity index (χ1n) is 6.57. The maximum Gasteiger partial charge on any atom is 0.308 e. The molecular weight excluding hydrogens is 288 g/mol. The van der Waals surface area contributed by atoms with Crippen LogP contribution in [0.15, 0.2) is 59.2 Å². The standard InChI is InChI=1S/C16H14O4S/c1-2-21(17,18)20-15-6-3-12(4-7-15)13-5-8-16-14(11-13)9-10-19-16/h3-11H,2H2,1H3. The second-order valence-corrected chi connectivity index (χ2v) is 6.49. The lowest BCUT2D eigenvalue weighted by atomic mass is 10.0. The molecule has 0 saturated heterocycles. The Morgan fingerprint density at radius 2 is 1.71 bits per heavy atom. The molecule has 0 unspecified atom stereocenters. The summed E-state index contributed by atoms with van der Waals surface area (Å²) in [5.74, 6) is 0.274. The molecule has 3 aromatic rings. The Labute approximate surface area is 123 Å². The van der Waals surface area contributed by atoms with Crippen molar-refractivity contribution in [2.45, 2.75) is 6.92 Å². The summed E-state index contributed by atoms with van der Waals surface area (Å²) in [6.07, 6.45) is 1.65. The third-order valence-electron chi connectivity index (χ3n) is 3.22. The largest absolute Gasteiger partial charge is 0.464 e. The van der Waals surface area contributed by atoms with Gasteiger partial charge in [-0.2, -0.15) is 8.42 Å². The molecule has 3 rings (SSSR count). The van der Waals surface area contributed by atoms with Gasteiger partial charge in [0, 0.05) is 5.39 Å². The fourth-order valence-corrected chi connectivity index (χ4v) is 2.58. The van der Waals surface area contributed by atoms with Gasteiger partial charge in [-0.25, -0.2) is 0 Å². The van der Waals surface area contributed by atoms with Gasteiger partial charge in [0.15, 0.2) is 0 Å². The minimum absolute atomic E-state index is 0.0497. The van der Waals surface area contributed by atoms with E-state index < -0.39 is 10.1 Å². The van der Waals surface area contributed by atoms with Crippen LogP contribution in [0.25, 0.3) is 22.1 Å². The van der Waals surface area contributed by atoms with Crippen LogP contribution in [0.2, 0.25) is 0 Å². The number of benzene rings is 2. The van der Waals surface area contributed by atoms with Crippen molar-refractivity contribution in [1.29, 1.82) is 0 Å². The van der Waals surface area contributed by atoms with Crippen LogP contribution in [0.1, 0.15) is 6.92 Å². The number of rotatable bonds is 4. The van der Waals surface area contributed by atoms with E-state index in [2.05, 4.69) is 0 Å². The maximum absolute atomic E-state index is 11.4. The molecule has 4 nitrogen and oxygen atoms in total. The topological polar surface area (TPSA) is 56.5 Å². The minimum Gasteiger partial charge on any atom is -0.464 e. The summed E-state index contributed by atoms with van der Waals surface area (Å²) in [6, 6.07) is 14.8. The first-order chi connectivity index (χ1) is 10.1. The van der Waals surface area contributed by atoms with Crippen LogP contribution in [0.3, 0.4) is 0 Å². The number of furan rings is 1. The fraction of sp³-hybridized carbons (Fsp3) is 0.125. The van der Waals surface area contributed by atoms with E-state index in [4.69, 9.17) is 8.60 Å². The van der Waals surface area contributed by atoms with Crippen molar-refractivity contribution in [1.82, 2.24) is 0 Å². The van der Waals surface area contributed by atoms with Gasteiger partial charge in [0.1, 0.15) is 11.3 Å².